The summed E-state index contributed by atoms with van der Waals surface area (Å²) in [5, 5.41) is 26.3. The Balaban J connectivity index is 1.57. The van der Waals surface area contributed by atoms with Gasteiger partial charge in [0.25, 0.3) is 0 Å². The lowest BCUT2D eigenvalue weighted by Crippen LogP contribution is -2.05. The monoisotopic (exact) mass is 411 g/mol. The van der Waals surface area contributed by atoms with Crippen LogP contribution in [0.25, 0.3) is 0 Å². The number of ether oxygens (including phenoxy) is 3. The molecule has 4 aromatic rings. The number of nitrogens with one attached hydrogen (secondary N) is 1. The molecule has 0 aliphatic rings. The van der Waals surface area contributed by atoms with Crippen LogP contribution in [0.5, 0.6) is 17.2 Å². The lowest BCUT2D eigenvalue weighted by molar-refractivity contribution is 0.226. The van der Waals surface area contributed by atoms with Crippen LogP contribution in [0.4, 0.5) is 0 Å². The zero-order chi connectivity index (χ0) is 20.9. The van der Waals surface area contributed by atoms with Gasteiger partial charge in [0.2, 0.25) is 5.75 Å². The van der Waals surface area contributed by atoms with Gasteiger partial charge in [-0.1, -0.05) is 10.4 Å². The van der Waals surface area contributed by atoms with Crippen LogP contribution in [-0.4, -0.2) is 45.4 Å². The van der Waals surface area contributed by atoms with E-state index in [4.69, 9.17) is 14.2 Å². The molecule has 3 heterocycles. The first-order chi connectivity index (χ1) is 14.6. The quantitative estimate of drug-likeness (QED) is 0.430. The van der Waals surface area contributed by atoms with E-state index in [9.17, 15) is 0 Å². The molecule has 12 heteroatoms. The highest BCUT2D eigenvalue weighted by Crippen LogP contribution is 2.40. The van der Waals surface area contributed by atoms with E-state index in [2.05, 4.69) is 36.0 Å². The number of aromatic nitrogens is 9. The first-order valence-corrected chi connectivity index (χ1v) is 9.15. The maximum atomic E-state index is 6.04. The Morgan fingerprint density at radius 2 is 1.40 bits per heavy atom. The molecule has 0 atom stereocenters. The van der Waals surface area contributed by atoms with Gasteiger partial charge in [-0.05, 0) is 24.6 Å². The van der Waals surface area contributed by atoms with Crippen LogP contribution in [-0.2, 0) is 33.9 Å². The minimum Gasteiger partial charge on any atom is -0.483 e. The minimum atomic E-state index is 0.207. The molecule has 0 spiro atoms. The Morgan fingerprint density at radius 3 is 1.90 bits per heavy atom. The molecule has 1 aromatic carbocycles. The average Bonchev–Trinajstić information content (AvgIpc) is 3.46. The summed E-state index contributed by atoms with van der Waals surface area (Å²) in [5.74, 6) is 1.51. The van der Waals surface area contributed by atoms with Crippen LogP contribution in [0, 0.1) is 6.92 Å². The number of H-pyrrole nitrogens is 1. The van der Waals surface area contributed by atoms with Gasteiger partial charge in [-0.15, -0.1) is 10.2 Å². The molecule has 0 amide bonds. The van der Waals surface area contributed by atoms with Gasteiger partial charge in [-0.3, -0.25) is 9.36 Å². The smallest absolute Gasteiger partial charge is 0.204 e. The van der Waals surface area contributed by atoms with Crippen LogP contribution < -0.4 is 14.2 Å². The van der Waals surface area contributed by atoms with Crippen molar-refractivity contribution in [1.82, 2.24) is 45.4 Å². The Labute approximate surface area is 171 Å². The summed E-state index contributed by atoms with van der Waals surface area (Å²) in [6, 6.07) is 3.76. The second-order valence-corrected chi connectivity index (χ2v) is 6.68. The van der Waals surface area contributed by atoms with E-state index in [1.54, 1.807) is 42.0 Å². The summed E-state index contributed by atoms with van der Waals surface area (Å²) in [6.07, 6.45) is 5.17. The number of hydrogen-bond acceptors (Lipinski definition) is 9. The number of benzene rings is 1. The molecule has 0 radical (unpaired) electrons. The summed E-state index contributed by atoms with van der Waals surface area (Å²) in [5.41, 5.74) is 2.99. The van der Waals surface area contributed by atoms with Crippen LogP contribution in [0.2, 0.25) is 0 Å². The van der Waals surface area contributed by atoms with E-state index in [1.165, 1.54) is 0 Å². The van der Waals surface area contributed by atoms with Gasteiger partial charge < -0.3 is 14.2 Å². The van der Waals surface area contributed by atoms with Crippen molar-refractivity contribution in [3.05, 3.63) is 53.4 Å². The molecule has 0 saturated heterocycles. The lowest BCUT2D eigenvalue weighted by Gasteiger charge is -2.17. The Hall–Kier alpha value is -3.96. The van der Waals surface area contributed by atoms with E-state index >= 15 is 0 Å². The molecule has 12 nitrogen and oxygen atoms in total. The third-order valence-electron chi connectivity index (χ3n) is 4.05. The van der Waals surface area contributed by atoms with Crippen molar-refractivity contribution < 1.29 is 14.2 Å². The van der Waals surface area contributed by atoms with E-state index in [-0.39, 0.29) is 19.8 Å². The van der Waals surface area contributed by atoms with E-state index in [0.29, 0.717) is 34.3 Å². The third-order valence-corrected chi connectivity index (χ3v) is 4.05. The summed E-state index contributed by atoms with van der Waals surface area (Å²) >= 11 is 0. The van der Waals surface area contributed by atoms with Crippen molar-refractivity contribution in [2.24, 2.45) is 14.1 Å². The van der Waals surface area contributed by atoms with Crippen LogP contribution in [0.3, 0.4) is 0 Å². The van der Waals surface area contributed by atoms with Crippen molar-refractivity contribution in [3.63, 3.8) is 0 Å². The average molecular weight is 411 g/mol. The molecule has 0 aliphatic carbocycles. The van der Waals surface area contributed by atoms with E-state index in [1.807, 2.05) is 19.1 Å². The Kier molecular flexibility index (Phi) is 5.54. The summed E-state index contributed by atoms with van der Waals surface area (Å²) in [4.78, 5) is 0. The number of nitrogens with zero attached hydrogens (tertiary/aromatic N) is 8. The normalized spacial score (nSPS) is 10.9. The summed E-state index contributed by atoms with van der Waals surface area (Å²) in [6.45, 7) is 2.62. The molecular weight excluding hydrogens is 390 g/mol. The number of aromatic amines is 1. The summed E-state index contributed by atoms with van der Waals surface area (Å²) < 4.78 is 21.2. The largest absolute Gasteiger partial charge is 0.483 e. The minimum absolute atomic E-state index is 0.207. The molecule has 156 valence electrons. The van der Waals surface area contributed by atoms with Crippen molar-refractivity contribution in [1.29, 1.82) is 0 Å². The topological polar surface area (TPSA) is 131 Å². The fourth-order valence-electron chi connectivity index (χ4n) is 2.73. The third kappa shape index (κ3) is 4.71. The van der Waals surface area contributed by atoms with Gasteiger partial charge in [-0.2, -0.15) is 15.4 Å². The molecule has 30 heavy (non-hydrogen) atoms. The molecule has 4 rings (SSSR count). The van der Waals surface area contributed by atoms with Gasteiger partial charge >= 0.3 is 0 Å². The molecule has 3 aromatic heterocycles. The van der Waals surface area contributed by atoms with Gasteiger partial charge in [0, 0.05) is 14.1 Å². The highest BCUT2D eigenvalue weighted by Gasteiger charge is 2.17. The predicted molar refractivity (Wildman–Crippen MR) is 103 cm³/mol. The highest BCUT2D eigenvalue weighted by molar-refractivity contribution is 5.53. The standard InChI is InChI=1S/C18H21N9O3/c1-12-4-16(28-9-13-6-19-23-20-13)18(30-11-15-8-27(3)25-22-15)17(5-12)29-10-14-7-26(2)24-21-14/h4-8H,9-11H2,1-3H3,(H,19,20,23). The SMILES string of the molecule is Cc1cc(OCc2cn(C)nn2)c(OCc2cn(C)nn2)c(OCc2cn[nH]n2)c1. The molecule has 0 unspecified atom stereocenters. The number of rotatable bonds is 9. The molecular formula is C18H21N9O3. The maximum Gasteiger partial charge on any atom is 0.204 e. The van der Waals surface area contributed by atoms with E-state index in [0.717, 1.165) is 5.56 Å². The second kappa shape index (κ2) is 8.59. The van der Waals surface area contributed by atoms with Crippen molar-refractivity contribution in [2.45, 2.75) is 26.7 Å². The zero-order valence-electron chi connectivity index (χ0n) is 16.8. The molecule has 0 fully saturated rings. The lowest BCUT2D eigenvalue weighted by atomic mass is 10.2. The van der Waals surface area contributed by atoms with Crippen molar-refractivity contribution in [3.8, 4) is 17.2 Å². The van der Waals surface area contributed by atoms with Crippen molar-refractivity contribution >= 4 is 0 Å². The number of aryl methyl sites for hydroxylation is 3. The van der Waals surface area contributed by atoms with Crippen LogP contribution in [0.1, 0.15) is 22.6 Å². The van der Waals surface area contributed by atoms with Gasteiger partial charge in [-0.25, -0.2) is 0 Å². The Morgan fingerprint density at radius 1 is 0.833 bits per heavy atom. The number of hydrogen-bond donors (Lipinski definition) is 1. The first kappa shape index (κ1) is 19.4. The van der Waals surface area contributed by atoms with Gasteiger partial charge in [0.1, 0.15) is 36.9 Å². The fourth-order valence-corrected chi connectivity index (χ4v) is 2.73. The van der Waals surface area contributed by atoms with E-state index < -0.39 is 0 Å². The maximum absolute atomic E-state index is 6.04. The molecule has 0 aliphatic heterocycles. The van der Waals surface area contributed by atoms with Crippen LogP contribution in [0.15, 0.2) is 30.7 Å². The molecule has 0 bridgehead atoms. The predicted octanol–water partition coefficient (Wildman–Crippen LogP) is 1.11. The summed E-state index contributed by atoms with van der Waals surface area (Å²) in [7, 11) is 3.60. The molecule has 0 saturated carbocycles. The van der Waals surface area contributed by atoms with Gasteiger partial charge in [0.05, 0.1) is 18.6 Å². The highest BCUT2D eigenvalue weighted by atomic mass is 16.5. The van der Waals surface area contributed by atoms with Crippen molar-refractivity contribution in [2.75, 3.05) is 0 Å². The second-order valence-electron chi connectivity index (χ2n) is 6.68. The zero-order valence-corrected chi connectivity index (χ0v) is 16.8. The van der Waals surface area contributed by atoms with Gasteiger partial charge in [0.15, 0.2) is 11.5 Å². The first-order valence-electron chi connectivity index (χ1n) is 9.15. The fraction of sp³-hybridized carbons (Fsp3) is 0.333. The molecule has 1 N–H and O–H groups in total. The van der Waals surface area contributed by atoms with Crippen LogP contribution >= 0.6 is 0 Å². The Bertz CT molecular complexity index is 1100.